The molecule has 7 heteroatoms. The first-order chi connectivity index (χ1) is 16.9. The molecular formula is C28H34N2O5. The van der Waals surface area contributed by atoms with Gasteiger partial charge in [-0.3, -0.25) is 4.90 Å². The fraction of sp³-hybridized carbons (Fsp3) is 0.500. The predicted octanol–water partition coefficient (Wildman–Crippen LogP) is 3.36. The van der Waals surface area contributed by atoms with Crippen LogP contribution in [0.1, 0.15) is 79.5 Å². The summed E-state index contributed by atoms with van der Waals surface area (Å²) >= 11 is 0. The number of hydrogen-bond donors (Lipinski definition) is 2. The molecule has 1 unspecified atom stereocenters. The molecule has 2 aromatic rings. The number of rotatable bonds is 8. The Morgan fingerprint density at radius 3 is 2.43 bits per heavy atom. The van der Waals surface area contributed by atoms with Gasteiger partial charge in [0, 0.05) is 36.8 Å². The van der Waals surface area contributed by atoms with Crippen LogP contribution < -0.4 is 5.32 Å². The van der Waals surface area contributed by atoms with Crippen LogP contribution in [0.5, 0.6) is 0 Å². The molecule has 3 heterocycles. The first-order valence-corrected chi connectivity index (χ1v) is 12.6. The maximum Gasteiger partial charge on any atom is 0.338 e. The summed E-state index contributed by atoms with van der Waals surface area (Å²) in [6.07, 6.45) is 3.89. The van der Waals surface area contributed by atoms with Gasteiger partial charge in [-0.05, 0) is 74.0 Å². The number of aliphatic hydroxyl groups excluding tert-OH is 1. The van der Waals surface area contributed by atoms with Crippen molar-refractivity contribution in [3.8, 4) is 0 Å². The number of benzene rings is 2. The molecule has 7 nitrogen and oxygen atoms in total. The van der Waals surface area contributed by atoms with Crippen molar-refractivity contribution in [3.63, 3.8) is 0 Å². The van der Waals surface area contributed by atoms with Gasteiger partial charge in [0.25, 0.3) is 0 Å². The van der Waals surface area contributed by atoms with E-state index in [2.05, 4.69) is 23.2 Å². The van der Waals surface area contributed by atoms with Crippen LogP contribution in [-0.4, -0.2) is 54.2 Å². The fourth-order valence-corrected chi connectivity index (χ4v) is 5.74. The van der Waals surface area contributed by atoms with Gasteiger partial charge in [-0.25, -0.2) is 9.59 Å². The first-order valence-electron chi connectivity index (χ1n) is 12.6. The van der Waals surface area contributed by atoms with Crippen LogP contribution in [0.2, 0.25) is 0 Å². The van der Waals surface area contributed by atoms with Gasteiger partial charge in [-0.15, -0.1) is 0 Å². The Hall–Kier alpha value is -2.74. The van der Waals surface area contributed by atoms with Crippen molar-refractivity contribution in [1.82, 2.24) is 10.2 Å². The standard InChI is InChI=1S/C28H34N2O5/c1-17-19(6-7-22-24(17)15-34-27(22)32)10-12-30-11-4-3-5-20(30)13-29-14-26(31)21-8-9-23-25(18(21)2)16-35-28(23)33/h6-9,20,26,29,31H,3-5,10-16H2,1-2H3/t20?,26-/m0/s1. The number of nitrogens with one attached hydrogen (secondary N) is 1. The Bertz CT molecular complexity index is 1140. The number of esters is 2. The average molecular weight is 479 g/mol. The lowest BCUT2D eigenvalue weighted by molar-refractivity contribution is 0.0526. The summed E-state index contributed by atoms with van der Waals surface area (Å²) in [5.74, 6) is -0.493. The third-order valence-electron chi connectivity index (χ3n) is 7.98. The highest BCUT2D eigenvalue weighted by Gasteiger charge is 2.27. The van der Waals surface area contributed by atoms with Gasteiger partial charge < -0.3 is 19.9 Å². The molecule has 0 aromatic heterocycles. The number of likely N-dealkylation sites (tertiary alicyclic amines) is 1. The smallest absolute Gasteiger partial charge is 0.338 e. The Morgan fingerprint density at radius 1 is 1.00 bits per heavy atom. The summed E-state index contributed by atoms with van der Waals surface area (Å²) in [5, 5.41) is 14.3. The van der Waals surface area contributed by atoms with Gasteiger partial charge in [-0.2, -0.15) is 0 Å². The second kappa shape index (κ2) is 10.1. The normalized spacial score (nSPS) is 20.4. The van der Waals surface area contributed by atoms with Crippen LogP contribution in [-0.2, 0) is 29.1 Å². The minimum absolute atomic E-state index is 0.212. The Kier molecular flexibility index (Phi) is 6.91. The molecule has 3 aliphatic heterocycles. The Labute approximate surface area is 206 Å². The number of hydrogen-bond acceptors (Lipinski definition) is 7. The zero-order chi connectivity index (χ0) is 24.5. The lowest BCUT2D eigenvalue weighted by atomic mass is 9.95. The molecule has 3 aliphatic rings. The van der Waals surface area contributed by atoms with Gasteiger partial charge in [-0.1, -0.05) is 18.6 Å². The van der Waals surface area contributed by atoms with E-state index in [4.69, 9.17) is 9.47 Å². The molecular weight excluding hydrogens is 444 g/mol. The molecule has 2 N–H and O–H groups in total. The maximum absolute atomic E-state index is 11.8. The molecule has 0 spiro atoms. The van der Waals surface area contributed by atoms with E-state index in [1.807, 2.05) is 19.1 Å². The maximum atomic E-state index is 11.8. The largest absolute Gasteiger partial charge is 0.457 e. The average Bonchev–Trinajstić information content (AvgIpc) is 3.43. The van der Waals surface area contributed by atoms with Crippen molar-refractivity contribution in [1.29, 1.82) is 0 Å². The highest BCUT2D eigenvalue weighted by atomic mass is 16.5. The predicted molar refractivity (Wildman–Crippen MR) is 131 cm³/mol. The molecule has 2 aromatic carbocycles. The number of ether oxygens (including phenoxy) is 2. The van der Waals surface area contributed by atoms with Crippen molar-refractivity contribution < 1.29 is 24.2 Å². The van der Waals surface area contributed by atoms with Crippen molar-refractivity contribution in [2.75, 3.05) is 26.2 Å². The van der Waals surface area contributed by atoms with Gasteiger partial charge in [0.2, 0.25) is 0 Å². The summed E-state index contributed by atoms with van der Waals surface area (Å²) in [6.45, 7) is 8.07. The van der Waals surface area contributed by atoms with E-state index >= 15 is 0 Å². The molecule has 0 aliphatic carbocycles. The molecule has 0 saturated carbocycles. The van der Waals surface area contributed by atoms with Crippen LogP contribution in [0.25, 0.3) is 0 Å². The number of fused-ring (bicyclic) bond motifs is 2. The minimum atomic E-state index is -0.632. The second-order valence-electron chi connectivity index (χ2n) is 9.94. The Morgan fingerprint density at radius 2 is 1.69 bits per heavy atom. The van der Waals surface area contributed by atoms with Gasteiger partial charge in [0.15, 0.2) is 0 Å². The molecule has 186 valence electrons. The number of piperidine rings is 1. The summed E-state index contributed by atoms with van der Waals surface area (Å²) < 4.78 is 10.3. The van der Waals surface area contributed by atoms with Crippen molar-refractivity contribution in [2.45, 2.75) is 64.9 Å². The monoisotopic (exact) mass is 478 g/mol. The topological polar surface area (TPSA) is 88.1 Å². The van der Waals surface area contributed by atoms with E-state index in [1.54, 1.807) is 6.07 Å². The zero-order valence-electron chi connectivity index (χ0n) is 20.6. The summed E-state index contributed by atoms with van der Waals surface area (Å²) in [4.78, 5) is 26.2. The first kappa shape index (κ1) is 24.0. The van der Waals surface area contributed by atoms with Gasteiger partial charge in [0.05, 0.1) is 17.2 Å². The van der Waals surface area contributed by atoms with Gasteiger partial charge >= 0.3 is 11.9 Å². The molecule has 2 atom stereocenters. The van der Waals surface area contributed by atoms with E-state index in [9.17, 15) is 14.7 Å². The highest BCUT2D eigenvalue weighted by Crippen LogP contribution is 2.29. The molecule has 5 rings (SSSR count). The van der Waals surface area contributed by atoms with E-state index in [0.717, 1.165) is 54.7 Å². The SMILES string of the molecule is Cc1c(CCN2CCCCC2CNC[C@H](O)c2ccc3c(c2C)COC3=O)ccc2c1COC2=O. The van der Waals surface area contributed by atoms with Crippen LogP contribution in [0.4, 0.5) is 0 Å². The lowest BCUT2D eigenvalue weighted by Gasteiger charge is -2.36. The van der Waals surface area contributed by atoms with Gasteiger partial charge in [0.1, 0.15) is 13.2 Å². The van der Waals surface area contributed by atoms with E-state index in [0.29, 0.717) is 30.3 Å². The Balaban J connectivity index is 1.16. The van der Waals surface area contributed by atoms with Crippen LogP contribution in [0.3, 0.4) is 0 Å². The van der Waals surface area contributed by atoms with Crippen LogP contribution in [0.15, 0.2) is 24.3 Å². The van der Waals surface area contributed by atoms with Crippen molar-refractivity contribution in [3.05, 3.63) is 68.8 Å². The van der Waals surface area contributed by atoms with E-state index in [-0.39, 0.29) is 18.5 Å². The lowest BCUT2D eigenvalue weighted by Crippen LogP contribution is -2.46. The molecule has 1 saturated heterocycles. The third-order valence-corrected chi connectivity index (χ3v) is 7.98. The molecule has 35 heavy (non-hydrogen) atoms. The van der Waals surface area contributed by atoms with Crippen LogP contribution in [0, 0.1) is 13.8 Å². The number of carbonyl (C=O) groups is 2. The quantitative estimate of drug-likeness (QED) is 0.563. The second-order valence-corrected chi connectivity index (χ2v) is 9.94. The van der Waals surface area contributed by atoms with Crippen LogP contribution >= 0.6 is 0 Å². The number of aliphatic hydroxyl groups is 1. The zero-order valence-corrected chi connectivity index (χ0v) is 20.6. The summed E-state index contributed by atoms with van der Waals surface area (Å²) in [5.41, 5.74) is 7.51. The number of carbonyl (C=O) groups excluding carboxylic acids is 2. The molecule has 1 fully saturated rings. The molecule has 0 amide bonds. The summed E-state index contributed by atoms with van der Waals surface area (Å²) in [6, 6.07) is 8.03. The molecule has 0 bridgehead atoms. The number of cyclic esters (lactones) is 2. The summed E-state index contributed by atoms with van der Waals surface area (Å²) in [7, 11) is 0. The molecule has 0 radical (unpaired) electrons. The van der Waals surface area contributed by atoms with Crippen molar-refractivity contribution >= 4 is 11.9 Å². The third kappa shape index (κ3) is 4.73. The van der Waals surface area contributed by atoms with E-state index < -0.39 is 6.10 Å². The fourth-order valence-electron chi connectivity index (χ4n) is 5.74. The van der Waals surface area contributed by atoms with E-state index in [1.165, 1.54) is 24.0 Å². The number of nitrogens with zero attached hydrogens (tertiary/aromatic N) is 1. The highest BCUT2D eigenvalue weighted by molar-refractivity contribution is 5.94. The van der Waals surface area contributed by atoms with Crippen molar-refractivity contribution in [2.24, 2.45) is 0 Å². The minimum Gasteiger partial charge on any atom is -0.457 e.